The van der Waals surface area contributed by atoms with E-state index in [1.54, 1.807) is 0 Å². The van der Waals surface area contributed by atoms with Crippen LogP contribution in [0.25, 0.3) is 0 Å². The molecule has 0 aliphatic carbocycles. The summed E-state index contributed by atoms with van der Waals surface area (Å²) in [6, 6.07) is -0.799. The highest BCUT2D eigenvalue weighted by molar-refractivity contribution is 7.45. The minimum Gasteiger partial charge on any atom is -0.756 e. The van der Waals surface area contributed by atoms with E-state index in [0.29, 0.717) is 23.9 Å². The van der Waals surface area contributed by atoms with Crippen LogP contribution in [-0.2, 0) is 18.4 Å². The van der Waals surface area contributed by atoms with Crippen LogP contribution in [-0.4, -0.2) is 68.5 Å². The third-order valence-corrected chi connectivity index (χ3v) is 14.2. The number of phosphoric acid groups is 1. The molecule has 1 amide bonds. The Labute approximate surface area is 405 Å². The molecule has 0 aromatic heterocycles. The summed E-state index contributed by atoms with van der Waals surface area (Å²) in [6.07, 6.45) is 58.1. The number of aliphatic hydroxyl groups excluding tert-OH is 1. The Morgan fingerprint density at radius 1 is 0.523 bits per heavy atom. The average Bonchev–Trinajstić information content (AvgIpc) is 3.26. The van der Waals surface area contributed by atoms with Gasteiger partial charge in [-0.1, -0.05) is 257 Å². The summed E-state index contributed by atoms with van der Waals surface area (Å²) in [5.41, 5.74) is 0. The molecule has 3 atom stereocenters. The van der Waals surface area contributed by atoms with Crippen LogP contribution >= 0.6 is 7.82 Å². The first kappa shape index (κ1) is 64.2. The number of aliphatic hydroxyl groups is 1. The van der Waals surface area contributed by atoms with Gasteiger partial charge < -0.3 is 28.8 Å². The molecule has 65 heavy (non-hydrogen) atoms. The van der Waals surface area contributed by atoms with E-state index in [1.165, 1.54) is 225 Å². The zero-order valence-electron chi connectivity index (χ0n) is 44.2. The molecule has 0 saturated heterocycles. The van der Waals surface area contributed by atoms with Gasteiger partial charge in [0.15, 0.2) is 0 Å². The maximum Gasteiger partial charge on any atom is 0.268 e. The highest BCUT2D eigenvalue weighted by Gasteiger charge is 2.24. The number of phosphoric ester groups is 1. The molecule has 3 unspecified atom stereocenters. The molecule has 0 saturated carbocycles. The number of unbranched alkanes of at least 4 members (excludes halogenated alkanes) is 38. The lowest BCUT2D eigenvalue weighted by molar-refractivity contribution is -0.870. The fourth-order valence-electron chi connectivity index (χ4n) is 8.74. The number of carbonyl (C=O) groups excluding carboxylic acids is 1. The Morgan fingerprint density at radius 2 is 0.846 bits per heavy atom. The summed E-state index contributed by atoms with van der Waals surface area (Å²) in [5.74, 6) is -0.162. The minimum absolute atomic E-state index is 0.0142. The molecule has 0 radical (unpaired) electrons. The number of nitrogens with one attached hydrogen (secondary N) is 1. The molecule has 0 aliphatic heterocycles. The van der Waals surface area contributed by atoms with Crippen molar-refractivity contribution >= 4 is 13.7 Å². The number of rotatable bonds is 53. The third-order valence-electron chi connectivity index (χ3n) is 13.3. The Hall–Kier alpha value is -0.760. The van der Waals surface area contributed by atoms with Gasteiger partial charge in [0.1, 0.15) is 13.2 Å². The number of allylic oxidation sites excluding steroid dienone is 2. The quantitative estimate of drug-likeness (QED) is 0.0272. The molecule has 8 nitrogen and oxygen atoms in total. The van der Waals surface area contributed by atoms with Crippen molar-refractivity contribution in [3.8, 4) is 0 Å². The maximum atomic E-state index is 13.0. The molecule has 0 rings (SSSR count). The van der Waals surface area contributed by atoms with Gasteiger partial charge in [-0.05, 0) is 38.5 Å². The van der Waals surface area contributed by atoms with Crippen LogP contribution < -0.4 is 10.2 Å². The normalized spacial score (nSPS) is 14.0. The van der Waals surface area contributed by atoms with Crippen molar-refractivity contribution in [1.29, 1.82) is 0 Å². The van der Waals surface area contributed by atoms with Crippen molar-refractivity contribution in [2.24, 2.45) is 0 Å². The van der Waals surface area contributed by atoms with Crippen LogP contribution in [0.2, 0.25) is 0 Å². The Bertz CT molecular complexity index is 1070. The van der Waals surface area contributed by atoms with E-state index in [-0.39, 0.29) is 19.1 Å². The molecular weight excluding hydrogens is 828 g/mol. The van der Waals surface area contributed by atoms with Gasteiger partial charge in [-0.15, -0.1) is 0 Å². The summed E-state index contributed by atoms with van der Waals surface area (Å²) in [4.78, 5) is 25.5. The molecule has 2 N–H and O–H groups in total. The van der Waals surface area contributed by atoms with Gasteiger partial charge >= 0.3 is 0 Å². The first-order chi connectivity index (χ1) is 31.5. The molecule has 0 aromatic carbocycles. The molecule has 0 aliphatic rings. The summed E-state index contributed by atoms with van der Waals surface area (Å²) >= 11 is 0. The molecular formula is C56H113N2O6P. The van der Waals surface area contributed by atoms with Crippen LogP contribution in [0.15, 0.2) is 12.2 Å². The summed E-state index contributed by atoms with van der Waals surface area (Å²) < 4.78 is 23.4. The van der Waals surface area contributed by atoms with Gasteiger partial charge in [0.05, 0.1) is 39.9 Å². The monoisotopic (exact) mass is 941 g/mol. The number of hydrogen-bond donors (Lipinski definition) is 2. The lowest BCUT2D eigenvalue weighted by atomic mass is 10.0. The zero-order chi connectivity index (χ0) is 47.8. The topological polar surface area (TPSA) is 108 Å². The van der Waals surface area contributed by atoms with Gasteiger partial charge in [0.25, 0.3) is 7.82 Å². The van der Waals surface area contributed by atoms with Gasteiger partial charge in [-0.25, -0.2) is 0 Å². The Morgan fingerprint density at radius 3 is 1.20 bits per heavy atom. The number of amides is 1. The second-order valence-corrected chi connectivity index (χ2v) is 22.4. The summed E-state index contributed by atoms with van der Waals surface area (Å²) in [6.45, 7) is 4.76. The van der Waals surface area contributed by atoms with E-state index in [1.807, 2.05) is 21.1 Å². The van der Waals surface area contributed by atoms with Crippen molar-refractivity contribution in [3.05, 3.63) is 12.2 Å². The summed E-state index contributed by atoms with van der Waals surface area (Å²) in [5, 5.41) is 14.0. The number of hydrogen-bond acceptors (Lipinski definition) is 6. The van der Waals surface area contributed by atoms with E-state index in [4.69, 9.17) is 9.05 Å². The van der Waals surface area contributed by atoms with E-state index in [9.17, 15) is 19.4 Å². The standard InChI is InChI=1S/C56H113N2O6P/c1-6-8-10-12-14-16-18-20-22-24-26-27-28-29-30-31-32-34-36-38-40-42-44-46-48-50-56(60)57-54(53-64-65(61,62)63-52-51-58(3,4)5)55(59)49-47-45-43-41-39-37-35-33-25-23-21-19-17-15-13-11-9-7-2/h29-30,54-55,59H,6-28,31-53H2,1-5H3,(H-,57,60,61,62)/b30-29-. The van der Waals surface area contributed by atoms with Gasteiger partial charge in [0.2, 0.25) is 5.91 Å². The molecule has 388 valence electrons. The average molecular weight is 942 g/mol. The second-order valence-electron chi connectivity index (χ2n) is 21.0. The predicted molar refractivity (Wildman–Crippen MR) is 279 cm³/mol. The van der Waals surface area contributed by atoms with Crippen LogP contribution in [0.3, 0.4) is 0 Å². The Balaban J connectivity index is 4.14. The van der Waals surface area contributed by atoms with Crippen molar-refractivity contribution in [1.82, 2.24) is 5.32 Å². The van der Waals surface area contributed by atoms with Crippen molar-refractivity contribution in [2.45, 2.75) is 302 Å². The van der Waals surface area contributed by atoms with Crippen LogP contribution in [0.5, 0.6) is 0 Å². The molecule has 0 heterocycles. The first-order valence-electron chi connectivity index (χ1n) is 28.5. The van der Waals surface area contributed by atoms with Crippen LogP contribution in [0.4, 0.5) is 0 Å². The number of quaternary nitrogens is 1. The molecule has 0 spiro atoms. The first-order valence-corrected chi connectivity index (χ1v) is 30.0. The molecule has 0 bridgehead atoms. The number of nitrogens with zero attached hydrogens (tertiary/aromatic N) is 1. The molecule has 0 fully saturated rings. The maximum absolute atomic E-state index is 13.0. The predicted octanol–water partition coefficient (Wildman–Crippen LogP) is 16.4. The van der Waals surface area contributed by atoms with Gasteiger partial charge in [-0.2, -0.15) is 0 Å². The fraction of sp³-hybridized carbons (Fsp3) is 0.946. The molecule has 9 heteroatoms. The van der Waals surface area contributed by atoms with Crippen molar-refractivity contribution < 1.29 is 32.9 Å². The van der Waals surface area contributed by atoms with E-state index in [2.05, 4.69) is 31.3 Å². The number of carbonyl (C=O) groups is 1. The van der Waals surface area contributed by atoms with Crippen LogP contribution in [0.1, 0.15) is 290 Å². The van der Waals surface area contributed by atoms with Crippen molar-refractivity contribution in [2.75, 3.05) is 40.9 Å². The van der Waals surface area contributed by atoms with Crippen molar-refractivity contribution in [3.63, 3.8) is 0 Å². The van der Waals surface area contributed by atoms with Crippen LogP contribution in [0, 0.1) is 0 Å². The van der Waals surface area contributed by atoms with Gasteiger partial charge in [0, 0.05) is 6.42 Å². The lowest BCUT2D eigenvalue weighted by Crippen LogP contribution is -2.46. The van der Waals surface area contributed by atoms with E-state index < -0.39 is 20.0 Å². The summed E-state index contributed by atoms with van der Waals surface area (Å²) in [7, 11) is 1.32. The lowest BCUT2D eigenvalue weighted by Gasteiger charge is -2.30. The second kappa shape index (κ2) is 48.3. The highest BCUT2D eigenvalue weighted by Crippen LogP contribution is 2.38. The van der Waals surface area contributed by atoms with E-state index >= 15 is 0 Å². The third kappa shape index (κ3) is 50.9. The van der Waals surface area contributed by atoms with Gasteiger partial charge in [-0.3, -0.25) is 9.36 Å². The minimum atomic E-state index is -4.57. The van der Waals surface area contributed by atoms with E-state index in [0.717, 1.165) is 38.5 Å². The fourth-order valence-corrected chi connectivity index (χ4v) is 9.47. The number of likely N-dealkylation sites (N-methyl/N-ethyl adjacent to an activating group) is 1. The largest absolute Gasteiger partial charge is 0.756 e. The highest BCUT2D eigenvalue weighted by atomic mass is 31.2. The molecule has 0 aromatic rings. The zero-order valence-corrected chi connectivity index (χ0v) is 45.1. The Kier molecular flexibility index (Phi) is 47.7. The SMILES string of the molecule is CCCCCCCCCCCCCC/C=C\CCCCCCCCCCCC(=O)NC(COP(=O)([O-])OCC[N+](C)(C)C)C(O)CCCCCCCCCCCCCCCCCCCC. The smallest absolute Gasteiger partial charge is 0.268 e.